The smallest absolute Gasteiger partial charge is 0.488 e. The van der Waals surface area contributed by atoms with Crippen LogP contribution in [0.2, 0.25) is 0 Å². The number of esters is 1. The van der Waals surface area contributed by atoms with Crippen molar-refractivity contribution in [3.05, 3.63) is 107 Å². The maximum atomic E-state index is 12.7. The molecule has 0 aliphatic carbocycles. The molecule has 4 N–H and O–H groups in total. The van der Waals surface area contributed by atoms with Crippen LogP contribution in [0.15, 0.2) is 84.9 Å². The van der Waals surface area contributed by atoms with Gasteiger partial charge in [-0.05, 0) is 103 Å². The number of rotatable bonds is 11. The van der Waals surface area contributed by atoms with E-state index >= 15 is 0 Å². The number of benzene rings is 4. The molecule has 0 saturated carbocycles. The lowest BCUT2D eigenvalue weighted by Gasteiger charge is -2.18. The second-order valence-electron chi connectivity index (χ2n) is 8.93. The molecule has 0 amide bonds. The molecule has 10 heteroatoms. The molecule has 0 radical (unpaired) electrons. The highest BCUT2D eigenvalue weighted by Gasteiger charge is 2.17. The van der Waals surface area contributed by atoms with Crippen LogP contribution < -0.4 is 24.4 Å². The van der Waals surface area contributed by atoms with Crippen molar-refractivity contribution >= 4 is 18.6 Å². The third kappa shape index (κ3) is 7.32. The van der Waals surface area contributed by atoms with Crippen molar-refractivity contribution in [2.24, 2.45) is 0 Å². The number of hydrogen-bond acceptors (Lipinski definition) is 9. The molecule has 4 rings (SSSR count). The van der Waals surface area contributed by atoms with Gasteiger partial charge >= 0.3 is 13.1 Å². The molecule has 0 aromatic heterocycles. The first-order chi connectivity index (χ1) is 19.2. The Bertz CT molecular complexity index is 1420. The number of carbonyl (C=O) groups is 1. The number of aromatic hydroxyl groups is 1. The van der Waals surface area contributed by atoms with Crippen LogP contribution in [0.3, 0.4) is 0 Å². The van der Waals surface area contributed by atoms with Gasteiger partial charge in [0.2, 0.25) is 6.29 Å². The SMILES string of the molecule is Cc1c(OC(=O)c2ccc(OCCOc3ccc(B(O)O)cc3)cc2)ccc(OC(O)c2ccc(O)cc2)c1C. The summed E-state index contributed by atoms with van der Waals surface area (Å²) in [5.74, 6) is 1.49. The molecule has 0 spiro atoms. The summed E-state index contributed by atoms with van der Waals surface area (Å²) < 4.78 is 22.5. The largest absolute Gasteiger partial charge is 0.508 e. The normalized spacial score (nSPS) is 11.4. The Morgan fingerprint density at radius 2 is 1.27 bits per heavy atom. The van der Waals surface area contributed by atoms with Crippen LogP contribution in [0.5, 0.6) is 28.7 Å². The number of ether oxygens (including phenoxy) is 4. The number of phenols is 1. The molecule has 40 heavy (non-hydrogen) atoms. The van der Waals surface area contributed by atoms with E-state index in [1.54, 1.807) is 86.6 Å². The maximum Gasteiger partial charge on any atom is 0.488 e. The third-order valence-corrected chi connectivity index (χ3v) is 6.20. The second-order valence-corrected chi connectivity index (χ2v) is 8.93. The summed E-state index contributed by atoms with van der Waals surface area (Å²) in [6.07, 6.45) is -1.23. The van der Waals surface area contributed by atoms with Gasteiger partial charge < -0.3 is 39.2 Å². The van der Waals surface area contributed by atoms with Gasteiger partial charge in [-0.3, -0.25) is 0 Å². The summed E-state index contributed by atoms with van der Waals surface area (Å²) in [4.78, 5) is 12.7. The minimum Gasteiger partial charge on any atom is -0.508 e. The van der Waals surface area contributed by atoms with Gasteiger partial charge in [-0.15, -0.1) is 0 Å². The Hall–Kier alpha value is -4.51. The highest BCUT2D eigenvalue weighted by molar-refractivity contribution is 6.58. The van der Waals surface area contributed by atoms with Gasteiger partial charge in [-0.1, -0.05) is 12.1 Å². The molecular formula is C30H29BO9. The number of hydrogen-bond donors (Lipinski definition) is 4. The average Bonchev–Trinajstić information content (AvgIpc) is 2.96. The molecule has 0 saturated heterocycles. The van der Waals surface area contributed by atoms with E-state index in [1.165, 1.54) is 12.1 Å². The van der Waals surface area contributed by atoms with E-state index < -0.39 is 19.4 Å². The Morgan fingerprint density at radius 3 is 1.85 bits per heavy atom. The quantitative estimate of drug-likeness (QED) is 0.0737. The lowest BCUT2D eigenvalue weighted by Crippen LogP contribution is -2.29. The molecule has 0 heterocycles. The molecule has 4 aromatic carbocycles. The molecule has 0 bridgehead atoms. The Labute approximate surface area is 231 Å². The van der Waals surface area contributed by atoms with Gasteiger partial charge in [-0.25, -0.2) is 4.79 Å². The molecular weight excluding hydrogens is 515 g/mol. The summed E-state index contributed by atoms with van der Waals surface area (Å²) in [6, 6.07) is 22.2. The molecule has 0 aliphatic heterocycles. The van der Waals surface area contributed by atoms with Crippen molar-refractivity contribution in [3.8, 4) is 28.7 Å². The third-order valence-electron chi connectivity index (χ3n) is 6.20. The molecule has 9 nitrogen and oxygen atoms in total. The van der Waals surface area contributed by atoms with Crippen molar-refractivity contribution in [2.45, 2.75) is 20.1 Å². The van der Waals surface area contributed by atoms with E-state index in [9.17, 15) is 15.0 Å². The van der Waals surface area contributed by atoms with Crippen molar-refractivity contribution in [3.63, 3.8) is 0 Å². The zero-order valence-corrected chi connectivity index (χ0v) is 22.0. The van der Waals surface area contributed by atoms with E-state index in [-0.39, 0.29) is 19.0 Å². The van der Waals surface area contributed by atoms with Crippen LogP contribution in [0.1, 0.15) is 33.3 Å². The Kier molecular flexibility index (Phi) is 9.29. The minimum atomic E-state index is -1.52. The van der Waals surface area contributed by atoms with Gasteiger partial charge in [0.05, 0.1) is 5.56 Å². The molecule has 1 atom stereocenters. The van der Waals surface area contributed by atoms with Crippen LogP contribution in [-0.2, 0) is 0 Å². The number of aliphatic hydroxyl groups is 1. The first-order valence-corrected chi connectivity index (χ1v) is 12.5. The van der Waals surface area contributed by atoms with Crippen molar-refractivity contribution in [1.82, 2.24) is 0 Å². The fourth-order valence-electron chi connectivity index (χ4n) is 3.74. The second kappa shape index (κ2) is 13.0. The summed E-state index contributed by atoms with van der Waals surface area (Å²) in [6.45, 7) is 4.13. The standard InChI is InChI=1S/C30H29BO9/c1-19-20(2)28(16-15-27(19)39-29(33)21-3-9-24(32)10-4-21)40-30(34)22-5-11-25(12-6-22)37-17-18-38-26-13-7-23(8-14-26)31(35)36/h3-16,29,32-33,35-36H,17-18H2,1-2H3. The molecule has 4 aromatic rings. The number of aliphatic hydroxyl groups excluding tert-OH is 1. The first kappa shape index (κ1) is 28.5. The van der Waals surface area contributed by atoms with Crippen molar-refractivity contribution in [1.29, 1.82) is 0 Å². The van der Waals surface area contributed by atoms with Gasteiger partial charge in [0.25, 0.3) is 0 Å². The monoisotopic (exact) mass is 544 g/mol. The van der Waals surface area contributed by atoms with Crippen molar-refractivity contribution in [2.75, 3.05) is 13.2 Å². The fourth-order valence-corrected chi connectivity index (χ4v) is 3.74. The van der Waals surface area contributed by atoms with E-state index in [0.717, 1.165) is 0 Å². The predicted octanol–water partition coefficient (Wildman–Crippen LogP) is 3.44. The lowest BCUT2D eigenvalue weighted by atomic mass is 9.80. The van der Waals surface area contributed by atoms with Crippen LogP contribution in [0, 0.1) is 13.8 Å². The topological polar surface area (TPSA) is 135 Å². The highest BCUT2D eigenvalue weighted by Crippen LogP contribution is 2.32. The highest BCUT2D eigenvalue weighted by atomic mass is 16.6. The van der Waals surface area contributed by atoms with Gasteiger partial charge in [-0.2, -0.15) is 0 Å². The number of carbonyl (C=O) groups excluding carboxylic acids is 1. The maximum absolute atomic E-state index is 12.7. The Morgan fingerprint density at radius 1 is 0.750 bits per heavy atom. The zero-order chi connectivity index (χ0) is 28.6. The van der Waals surface area contributed by atoms with Gasteiger partial charge in [0, 0.05) is 5.56 Å². The zero-order valence-electron chi connectivity index (χ0n) is 22.0. The molecule has 0 fully saturated rings. The fraction of sp³-hybridized carbons (Fsp3) is 0.167. The van der Waals surface area contributed by atoms with Crippen molar-refractivity contribution < 1.29 is 44.0 Å². The van der Waals surface area contributed by atoms with Crippen LogP contribution in [0.25, 0.3) is 0 Å². The van der Waals surface area contributed by atoms with Crippen LogP contribution >= 0.6 is 0 Å². The summed E-state index contributed by atoms with van der Waals surface area (Å²) >= 11 is 0. The van der Waals surface area contributed by atoms with Crippen LogP contribution in [0.4, 0.5) is 0 Å². The average molecular weight is 544 g/mol. The Balaban J connectivity index is 1.28. The van der Waals surface area contributed by atoms with Crippen LogP contribution in [-0.4, -0.2) is 46.6 Å². The van der Waals surface area contributed by atoms with E-state index in [4.69, 9.17) is 29.0 Å². The van der Waals surface area contributed by atoms with Gasteiger partial charge in [0.1, 0.15) is 42.0 Å². The summed E-state index contributed by atoms with van der Waals surface area (Å²) in [5.41, 5.74) is 2.59. The first-order valence-electron chi connectivity index (χ1n) is 12.5. The summed E-state index contributed by atoms with van der Waals surface area (Å²) in [5, 5.41) is 38.1. The lowest BCUT2D eigenvalue weighted by molar-refractivity contribution is -0.0200. The molecule has 0 aliphatic rings. The van der Waals surface area contributed by atoms with E-state index in [0.29, 0.717) is 50.7 Å². The molecule has 1 unspecified atom stereocenters. The van der Waals surface area contributed by atoms with E-state index in [2.05, 4.69) is 0 Å². The summed E-state index contributed by atoms with van der Waals surface area (Å²) in [7, 11) is -1.52. The predicted molar refractivity (Wildman–Crippen MR) is 148 cm³/mol. The van der Waals surface area contributed by atoms with E-state index in [1.807, 2.05) is 0 Å². The minimum absolute atomic E-state index is 0.0899. The molecule has 206 valence electrons. The van der Waals surface area contributed by atoms with Gasteiger partial charge in [0.15, 0.2) is 0 Å². The number of phenolic OH excluding ortho intramolecular Hbond substituents is 1.